The number of hydrogen-bond acceptors (Lipinski definition) is 3. The van der Waals surface area contributed by atoms with Crippen LogP contribution in [0.3, 0.4) is 0 Å². The molecule has 1 aromatic heterocycles. The highest BCUT2D eigenvalue weighted by Crippen LogP contribution is 2.28. The minimum Gasteiger partial charge on any atom is -0.478 e. The molecule has 0 saturated carbocycles. The highest BCUT2D eigenvalue weighted by atomic mass is 16.4. The summed E-state index contributed by atoms with van der Waals surface area (Å²) in [6.45, 7) is 1.90. The zero-order chi connectivity index (χ0) is 15.7. The lowest BCUT2D eigenvalue weighted by Crippen LogP contribution is -2.01. The van der Waals surface area contributed by atoms with E-state index in [2.05, 4.69) is 5.10 Å². The van der Waals surface area contributed by atoms with Gasteiger partial charge in [0.05, 0.1) is 16.9 Å². The van der Waals surface area contributed by atoms with Crippen molar-refractivity contribution in [1.29, 1.82) is 0 Å². The molecular formula is C17H15N3O2. The highest BCUT2D eigenvalue weighted by Gasteiger charge is 2.15. The molecule has 5 heteroatoms. The molecule has 22 heavy (non-hydrogen) atoms. The summed E-state index contributed by atoms with van der Waals surface area (Å²) >= 11 is 0. The van der Waals surface area contributed by atoms with Crippen LogP contribution in [0.4, 0.5) is 5.82 Å². The summed E-state index contributed by atoms with van der Waals surface area (Å²) < 4.78 is 1.69. The first-order valence-electron chi connectivity index (χ1n) is 6.82. The van der Waals surface area contributed by atoms with Gasteiger partial charge in [0, 0.05) is 11.1 Å². The van der Waals surface area contributed by atoms with Crippen LogP contribution in [0.2, 0.25) is 0 Å². The van der Waals surface area contributed by atoms with Crippen LogP contribution in [0.1, 0.15) is 15.9 Å². The van der Waals surface area contributed by atoms with Crippen molar-refractivity contribution in [3.63, 3.8) is 0 Å². The van der Waals surface area contributed by atoms with Crippen LogP contribution < -0.4 is 5.73 Å². The fourth-order valence-electron chi connectivity index (χ4n) is 2.32. The Morgan fingerprint density at radius 2 is 1.73 bits per heavy atom. The predicted octanol–water partition coefficient (Wildman–Crippen LogP) is 3.13. The lowest BCUT2D eigenvalue weighted by molar-refractivity contribution is 0.0697. The molecule has 0 spiro atoms. The van der Waals surface area contributed by atoms with Crippen LogP contribution in [0.25, 0.3) is 16.9 Å². The molecule has 2 aromatic carbocycles. The van der Waals surface area contributed by atoms with E-state index in [4.69, 9.17) is 10.8 Å². The van der Waals surface area contributed by atoms with Crippen LogP contribution in [-0.2, 0) is 0 Å². The van der Waals surface area contributed by atoms with Crippen LogP contribution in [0.5, 0.6) is 0 Å². The molecule has 0 saturated heterocycles. The number of aromatic nitrogens is 2. The van der Waals surface area contributed by atoms with Gasteiger partial charge in [-0.05, 0) is 31.2 Å². The summed E-state index contributed by atoms with van der Waals surface area (Å²) in [5, 5.41) is 13.5. The molecule has 0 amide bonds. The molecule has 3 aromatic rings. The second kappa shape index (κ2) is 5.37. The van der Waals surface area contributed by atoms with Crippen molar-refractivity contribution in [3.8, 4) is 16.9 Å². The van der Waals surface area contributed by atoms with Crippen molar-refractivity contribution < 1.29 is 9.90 Å². The number of aromatic carboxylic acids is 1. The number of nitrogens with two attached hydrogens (primary N) is 1. The Kier molecular flexibility index (Phi) is 3.39. The molecule has 0 radical (unpaired) electrons. The summed E-state index contributed by atoms with van der Waals surface area (Å²) in [5.41, 5.74) is 9.74. The fraction of sp³-hybridized carbons (Fsp3) is 0.0588. The number of para-hydroxylation sites is 1. The van der Waals surface area contributed by atoms with Gasteiger partial charge in [0.15, 0.2) is 0 Å². The third-order valence-electron chi connectivity index (χ3n) is 3.57. The molecule has 0 aliphatic rings. The maximum atomic E-state index is 10.9. The average molecular weight is 293 g/mol. The molecule has 110 valence electrons. The van der Waals surface area contributed by atoms with Gasteiger partial charge in [-0.25, -0.2) is 9.48 Å². The zero-order valence-corrected chi connectivity index (χ0v) is 12.0. The Morgan fingerprint density at radius 3 is 2.32 bits per heavy atom. The second-order valence-corrected chi connectivity index (χ2v) is 4.99. The van der Waals surface area contributed by atoms with Crippen molar-refractivity contribution in [3.05, 3.63) is 65.7 Å². The third-order valence-corrected chi connectivity index (χ3v) is 3.57. The number of carbonyl (C=O) groups is 1. The van der Waals surface area contributed by atoms with Crippen LogP contribution in [0, 0.1) is 6.92 Å². The molecular weight excluding hydrogens is 278 g/mol. The predicted molar refractivity (Wildman–Crippen MR) is 85.1 cm³/mol. The minimum atomic E-state index is -0.947. The van der Waals surface area contributed by atoms with Crippen molar-refractivity contribution >= 4 is 11.8 Å². The van der Waals surface area contributed by atoms with Crippen LogP contribution in [-0.4, -0.2) is 20.9 Å². The van der Waals surface area contributed by atoms with E-state index in [1.807, 2.05) is 37.3 Å². The Morgan fingerprint density at radius 1 is 1.09 bits per heavy atom. The number of nitrogens with zero attached hydrogens (tertiary/aromatic N) is 2. The smallest absolute Gasteiger partial charge is 0.335 e. The molecule has 0 atom stereocenters. The third kappa shape index (κ3) is 2.33. The molecule has 0 bridgehead atoms. The van der Waals surface area contributed by atoms with Gasteiger partial charge in [0.1, 0.15) is 5.82 Å². The number of carboxylic acids is 1. The quantitative estimate of drug-likeness (QED) is 0.777. The second-order valence-electron chi connectivity index (χ2n) is 4.99. The van der Waals surface area contributed by atoms with Crippen molar-refractivity contribution in [2.24, 2.45) is 0 Å². The summed E-state index contributed by atoms with van der Waals surface area (Å²) in [7, 11) is 0. The van der Waals surface area contributed by atoms with E-state index in [0.29, 0.717) is 5.82 Å². The molecule has 5 nitrogen and oxygen atoms in total. The molecule has 0 unspecified atom stereocenters. The highest BCUT2D eigenvalue weighted by molar-refractivity contribution is 5.88. The summed E-state index contributed by atoms with van der Waals surface area (Å²) in [6, 6.07) is 16.3. The minimum absolute atomic E-state index is 0.247. The van der Waals surface area contributed by atoms with E-state index in [1.54, 1.807) is 28.9 Å². The summed E-state index contributed by atoms with van der Waals surface area (Å²) in [4.78, 5) is 10.9. The lowest BCUT2D eigenvalue weighted by atomic mass is 10.1. The van der Waals surface area contributed by atoms with Gasteiger partial charge in [0.2, 0.25) is 0 Å². The van der Waals surface area contributed by atoms with Gasteiger partial charge in [-0.2, -0.15) is 5.10 Å². The molecule has 0 aliphatic carbocycles. The van der Waals surface area contributed by atoms with E-state index in [1.165, 1.54) is 0 Å². The van der Waals surface area contributed by atoms with Crippen LogP contribution in [0.15, 0.2) is 54.6 Å². The fourth-order valence-corrected chi connectivity index (χ4v) is 2.32. The van der Waals surface area contributed by atoms with E-state index in [-0.39, 0.29) is 5.56 Å². The summed E-state index contributed by atoms with van der Waals surface area (Å²) in [5.74, 6) is -0.374. The number of carboxylic acid groups (broad SMARTS) is 1. The summed E-state index contributed by atoms with van der Waals surface area (Å²) in [6.07, 6.45) is 0. The molecule has 0 aliphatic heterocycles. The van der Waals surface area contributed by atoms with Crippen molar-refractivity contribution in [2.75, 3.05) is 5.73 Å². The van der Waals surface area contributed by atoms with Crippen LogP contribution >= 0.6 is 0 Å². The van der Waals surface area contributed by atoms with Gasteiger partial charge in [-0.1, -0.05) is 30.3 Å². The monoisotopic (exact) mass is 293 g/mol. The van der Waals surface area contributed by atoms with Gasteiger partial charge in [-0.3, -0.25) is 0 Å². The Labute approximate surface area is 127 Å². The SMILES string of the molecule is Cc1c(-c2ccc(C(=O)O)cc2)nn(-c2ccccc2)c1N. The van der Waals surface area contributed by atoms with Gasteiger partial charge < -0.3 is 10.8 Å². The molecule has 1 heterocycles. The first kappa shape index (κ1) is 13.9. The number of hydrogen-bond donors (Lipinski definition) is 2. The normalized spacial score (nSPS) is 10.6. The standard InChI is InChI=1S/C17H15N3O2/c1-11-15(12-7-9-13(10-8-12)17(21)22)19-20(16(11)18)14-5-3-2-4-6-14/h2-10H,18H2,1H3,(H,21,22). The van der Waals surface area contributed by atoms with Gasteiger partial charge in [0.25, 0.3) is 0 Å². The van der Waals surface area contributed by atoms with Gasteiger partial charge >= 0.3 is 5.97 Å². The van der Waals surface area contributed by atoms with Crippen molar-refractivity contribution in [1.82, 2.24) is 9.78 Å². The Bertz CT molecular complexity index is 821. The maximum Gasteiger partial charge on any atom is 0.335 e. The Hall–Kier alpha value is -3.08. The van der Waals surface area contributed by atoms with E-state index < -0.39 is 5.97 Å². The molecule has 0 fully saturated rings. The molecule has 3 rings (SSSR count). The molecule has 3 N–H and O–H groups in total. The van der Waals surface area contributed by atoms with E-state index in [0.717, 1.165) is 22.5 Å². The zero-order valence-electron chi connectivity index (χ0n) is 12.0. The maximum absolute atomic E-state index is 10.9. The largest absolute Gasteiger partial charge is 0.478 e. The first-order chi connectivity index (χ1) is 10.6. The number of rotatable bonds is 3. The Balaban J connectivity index is 2.07. The van der Waals surface area contributed by atoms with E-state index >= 15 is 0 Å². The number of benzene rings is 2. The van der Waals surface area contributed by atoms with Crippen molar-refractivity contribution in [2.45, 2.75) is 6.92 Å². The number of anilines is 1. The average Bonchev–Trinajstić information content (AvgIpc) is 2.84. The van der Waals surface area contributed by atoms with Gasteiger partial charge in [-0.15, -0.1) is 0 Å². The van der Waals surface area contributed by atoms with E-state index in [9.17, 15) is 4.79 Å². The lowest BCUT2D eigenvalue weighted by Gasteiger charge is -2.02. The first-order valence-corrected chi connectivity index (χ1v) is 6.82. The number of nitrogen functional groups attached to an aromatic ring is 1. The topological polar surface area (TPSA) is 81.1 Å².